The Hall–Kier alpha value is -2.80. The molecule has 174 valence electrons. The minimum absolute atomic E-state index is 0.183. The highest BCUT2D eigenvalue weighted by molar-refractivity contribution is 7.89. The number of alkyl halides is 3. The number of anilines is 1. The smallest absolute Gasteiger partial charge is 0.422 e. The van der Waals surface area contributed by atoms with E-state index < -0.39 is 40.6 Å². The van der Waals surface area contributed by atoms with E-state index in [0.717, 1.165) is 18.4 Å². The molecule has 1 saturated heterocycles. The van der Waals surface area contributed by atoms with Crippen molar-refractivity contribution in [3.05, 3.63) is 46.9 Å². The van der Waals surface area contributed by atoms with Crippen LogP contribution in [0.15, 0.2) is 30.5 Å². The van der Waals surface area contributed by atoms with Gasteiger partial charge in [0.1, 0.15) is 17.7 Å². The van der Waals surface area contributed by atoms with E-state index in [1.54, 1.807) is 9.62 Å². The number of carbonyl (C=O) groups excluding carboxylic acids is 1. The summed E-state index contributed by atoms with van der Waals surface area (Å²) in [7, 11) is -3.87. The van der Waals surface area contributed by atoms with Crippen LogP contribution in [0, 0.1) is 5.82 Å². The van der Waals surface area contributed by atoms with Gasteiger partial charge in [0.2, 0.25) is 15.9 Å². The van der Waals surface area contributed by atoms with E-state index in [0.29, 0.717) is 18.8 Å². The van der Waals surface area contributed by atoms with Crippen molar-refractivity contribution in [2.75, 3.05) is 30.9 Å². The molecular formula is C18H16ClF4N3O5S. The van der Waals surface area contributed by atoms with Gasteiger partial charge in [0.25, 0.3) is 5.91 Å². The molecule has 2 aromatic rings. The Labute approximate surface area is 185 Å². The summed E-state index contributed by atoms with van der Waals surface area (Å²) in [5.41, 5.74) is 0.328. The SMILES string of the molecule is CS(=O)(=O)NC(=O)c1cc(Cl)c(F)cc1OC1CN(c2ccc(OCC(F)(F)F)nc2)C1. The summed E-state index contributed by atoms with van der Waals surface area (Å²) >= 11 is 5.70. The number of amides is 1. The first-order chi connectivity index (χ1) is 14.8. The molecule has 1 N–H and O–H groups in total. The normalized spacial score (nSPS) is 14.6. The third kappa shape index (κ3) is 6.36. The van der Waals surface area contributed by atoms with Crippen LogP contribution in [0.1, 0.15) is 10.4 Å². The second-order valence-corrected chi connectivity index (χ2v) is 9.02. The van der Waals surface area contributed by atoms with Gasteiger partial charge in [-0.2, -0.15) is 13.2 Å². The van der Waals surface area contributed by atoms with E-state index >= 15 is 0 Å². The summed E-state index contributed by atoms with van der Waals surface area (Å²) in [6, 6.07) is 4.66. The highest BCUT2D eigenvalue weighted by Crippen LogP contribution is 2.30. The van der Waals surface area contributed by atoms with Gasteiger partial charge < -0.3 is 14.4 Å². The van der Waals surface area contributed by atoms with Crippen LogP contribution < -0.4 is 19.1 Å². The van der Waals surface area contributed by atoms with Crippen molar-refractivity contribution in [1.82, 2.24) is 9.71 Å². The maximum Gasteiger partial charge on any atom is 0.422 e. The quantitative estimate of drug-likeness (QED) is 0.587. The number of halogens is 5. The van der Waals surface area contributed by atoms with Crippen LogP contribution in [0.3, 0.4) is 0 Å². The van der Waals surface area contributed by atoms with Crippen LogP contribution in [-0.4, -0.2) is 57.5 Å². The molecular weight excluding hydrogens is 482 g/mol. The Morgan fingerprint density at radius 3 is 2.56 bits per heavy atom. The van der Waals surface area contributed by atoms with Crippen LogP contribution in [0.5, 0.6) is 11.6 Å². The van der Waals surface area contributed by atoms with Crippen LogP contribution in [0.25, 0.3) is 0 Å². The first kappa shape index (κ1) is 23.9. The predicted octanol–water partition coefficient (Wildman–Crippen LogP) is 2.77. The summed E-state index contributed by atoms with van der Waals surface area (Å²) in [4.78, 5) is 17.8. The third-order valence-corrected chi connectivity index (χ3v) is 5.00. The van der Waals surface area contributed by atoms with Crippen LogP contribution in [0.2, 0.25) is 5.02 Å². The fraction of sp³-hybridized carbons (Fsp3) is 0.333. The highest BCUT2D eigenvalue weighted by atomic mass is 35.5. The summed E-state index contributed by atoms with van der Waals surface area (Å²) in [6.07, 6.45) is -2.84. The average Bonchev–Trinajstić information content (AvgIpc) is 2.63. The molecule has 1 fully saturated rings. The lowest BCUT2D eigenvalue weighted by Gasteiger charge is -2.40. The first-order valence-electron chi connectivity index (χ1n) is 8.89. The Bertz CT molecular complexity index is 1110. The van der Waals surface area contributed by atoms with Crippen molar-refractivity contribution in [2.24, 2.45) is 0 Å². The van der Waals surface area contributed by atoms with Gasteiger partial charge in [-0.15, -0.1) is 0 Å². The molecule has 0 bridgehead atoms. The molecule has 0 saturated carbocycles. The first-order valence-corrected chi connectivity index (χ1v) is 11.2. The summed E-state index contributed by atoms with van der Waals surface area (Å²) < 4.78 is 85.0. The molecule has 3 rings (SSSR count). The summed E-state index contributed by atoms with van der Waals surface area (Å²) in [5.74, 6) is -2.25. The van der Waals surface area contributed by atoms with Gasteiger partial charge in [-0.1, -0.05) is 11.6 Å². The van der Waals surface area contributed by atoms with Crippen molar-refractivity contribution in [3.63, 3.8) is 0 Å². The Kier molecular flexibility index (Phi) is 6.69. The average molecular weight is 498 g/mol. The molecule has 0 aliphatic carbocycles. The van der Waals surface area contributed by atoms with Crippen LogP contribution in [-0.2, 0) is 10.0 Å². The van der Waals surface area contributed by atoms with Gasteiger partial charge in [0, 0.05) is 12.1 Å². The van der Waals surface area contributed by atoms with Crippen molar-refractivity contribution in [1.29, 1.82) is 0 Å². The number of carbonyl (C=O) groups is 1. The molecule has 0 unspecified atom stereocenters. The van der Waals surface area contributed by atoms with Crippen molar-refractivity contribution < 1.29 is 40.2 Å². The standard InChI is InChI=1S/C18H16ClF4N3O5S/c1-32(28,29)25-17(27)12-4-13(19)14(20)5-15(12)31-11-7-26(8-11)10-2-3-16(24-6-10)30-9-18(21,22)23/h2-6,11H,7-9H2,1H3,(H,25,27). The highest BCUT2D eigenvalue weighted by Gasteiger charge is 2.31. The molecule has 8 nitrogen and oxygen atoms in total. The number of nitrogens with zero attached hydrogens (tertiary/aromatic N) is 2. The molecule has 0 radical (unpaired) electrons. The molecule has 1 aromatic carbocycles. The van der Waals surface area contributed by atoms with Gasteiger partial charge in [0.05, 0.1) is 41.8 Å². The number of hydrogen-bond acceptors (Lipinski definition) is 7. The lowest BCUT2D eigenvalue weighted by molar-refractivity contribution is -0.154. The lowest BCUT2D eigenvalue weighted by Crippen LogP contribution is -2.54. The lowest BCUT2D eigenvalue weighted by atomic mass is 10.1. The summed E-state index contributed by atoms with van der Waals surface area (Å²) in [5, 5.41) is -0.384. The Balaban J connectivity index is 1.63. The van der Waals surface area contributed by atoms with Gasteiger partial charge >= 0.3 is 6.18 Å². The molecule has 1 aliphatic heterocycles. The summed E-state index contributed by atoms with van der Waals surface area (Å²) in [6.45, 7) is -0.866. The minimum atomic E-state index is -4.47. The molecule has 14 heteroatoms. The van der Waals surface area contributed by atoms with Gasteiger partial charge in [0.15, 0.2) is 6.61 Å². The largest absolute Gasteiger partial charge is 0.486 e. The zero-order valence-electron chi connectivity index (χ0n) is 16.3. The van der Waals surface area contributed by atoms with Crippen molar-refractivity contribution >= 4 is 33.2 Å². The van der Waals surface area contributed by atoms with Crippen LogP contribution in [0.4, 0.5) is 23.2 Å². The van der Waals surface area contributed by atoms with E-state index in [1.807, 2.05) is 0 Å². The topological polar surface area (TPSA) is 97.8 Å². The second-order valence-electron chi connectivity index (χ2n) is 6.87. The van der Waals surface area contributed by atoms with Crippen molar-refractivity contribution in [2.45, 2.75) is 12.3 Å². The molecule has 0 spiro atoms. The van der Waals surface area contributed by atoms with Crippen LogP contribution >= 0.6 is 11.6 Å². The Morgan fingerprint density at radius 2 is 2.00 bits per heavy atom. The second kappa shape index (κ2) is 8.98. The zero-order valence-corrected chi connectivity index (χ0v) is 17.9. The number of pyridine rings is 1. The number of nitrogens with one attached hydrogen (secondary N) is 1. The van der Waals surface area contributed by atoms with E-state index in [1.165, 1.54) is 18.3 Å². The third-order valence-electron chi connectivity index (χ3n) is 4.16. The molecule has 1 amide bonds. The molecule has 0 atom stereocenters. The minimum Gasteiger partial charge on any atom is -0.486 e. The Morgan fingerprint density at radius 1 is 1.31 bits per heavy atom. The predicted molar refractivity (Wildman–Crippen MR) is 106 cm³/mol. The van der Waals surface area contributed by atoms with Crippen molar-refractivity contribution in [3.8, 4) is 11.6 Å². The van der Waals surface area contributed by atoms with Gasteiger partial charge in [-0.25, -0.2) is 22.5 Å². The molecule has 1 aromatic heterocycles. The number of rotatable bonds is 7. The fourth-order valence-electron chi connectivity index (χ4n) is 2.73. The van der Waals surface area contributed by atoms with E-state index in [-0.39, 0.29) is 22.2 Å². The number of sulfonamides is 1. The van der Waals surface area contributed by atoms with E-state index in [2.05, 4.69) is 9.72 Å². The van der Waals surface area contributed by atoms with E-state index in [4.69, 9.17) is 16.3 Å². The molecule has 1 aliphatic rings. The number of benzene rings is 1. The zero-order chi connectivity index (χ0) is 23.7. The monoisotopic (exact) mass is 497 g/mol. The van der Waals surface area contributed by atoms with E-state index in [9.17, 15) is 30.8 Å². The number of ether oxygens (including phenoxy) is 2. The van der Waals surface area contributed by atoms with Gasteiger partial charge in [-0.3, -0.25) is 4.79 Å². The number of aromatic nitrogens is 1. The maximum atomic E-state index is 13.9. The molecule has 32 heavy (non-hydrogen) atoms. The number of hydrogen-bond donors (Lipinski definition) is 1. The molecule has 2 heterocycles. The van der Waals surface area contributed by atoms with Gasteiger partial charge in [-0.05, 0) is 12.1 Å². The fourth-order valence-corrected chi connectivity index (χ4v) is 3.34. The maximum absolute atomic E-state index is 13.9.